The van der Waals surface area contributed by atoms with E-state index >= 15 is 0 Å². The van der Waals surface area contributed by atoms with Gasteiger partial charge in [0.25, 0.3) is 0 Å². The molecule has 0 saturated carbocycles. The number of ether oxygens (including phenoxy) is 4. The highest BCUT2D eigenvalue weighted by Gasteiger charge is 2.27. The third-order valence-corrected chi connectivity index (χ3v) is 6.25. The van der Waals surface area contributed by atoms with Crippen molar-refractivity contribution in [2.24, 2.45) is 10.8 Å². The standard InChI is InChI=1S/2C14H26O4/c1-5-14(2,3)13(16)18-11-9-7-6-8-10-12(15)17-4;1-5-7-8-9-10-12(15)17-11-18-13(16)14(3,4)6-2/h2*5-11H2,1-4H3. The van der Waals surface area contributed by atoms with Crippen molar-refractivity contribution in [3.8, 4) is 0 Å². The summed E-state index contributed by atoms with van der Waals surface area (Å²) in [5.41, 5.74) is -0.904. The first-order chi connectivity index (χ1) is 16.9. The van der Waals surface area contributed by atoms with Gasteiger partial charge < -0.3 is 18.9 Å². The third-order valence-electron chi connectivity index (χ3n) is 6.25. The SMILES string of the molecule is CCC(C)(C)C(=O)OCCCCCCC(=O)OC.CCCCCCC(=O)OCOC(=O)C(C)(C)CC. The van der Waals surface area contributed by atoms with Crippen molar-refractivity contribution in [1.29, 1.82) is 0 Å². The Morgan fingerprint density at radius 1 is 0.583 bits per heavy atom. The normalized spacial score (nSPS) is 11.1. The predicted molar refractivity (Wildman–Crippen MR) is 140 cm³/mol. The monoisotopic (exact) mass is 516 g/mol. The molecular weight excluding hydrogens is 464 g/mol. The van der Waals surface area contributed by atoms with Crippen molar-refractivity contribution in [2.75, 3.05) is 20.5 Å². The number of methoxy groups -OCH3 is 1. The molecule has 8 nitrogen and oxygen atoms in total. The van der Waals surface area contributed by atoms with Crippen LogP contribution in [0.3, 0.4) is 0 Å². The number of hydrogen-bond donors (Lipinski definition) is 0. The van der Waals surface area contributed by atoms with E-state index in [1.54, 1.807) is 0 Å². The van der Waals surface area contributed by atoms with Gasteiger partial charge in [-0.25, -0.2) is 0 Å². The second-order valence-electron chi connectivity index (χ2n) is 10.2. The molecule has 0 rings (SSSR count). The smallest absolute Gasteiger partial charge is 0.314 e. The molecule has 0 heterocycles. The van der Waals surface area contributed by atoms with Crippen LogP contribution in [0.25, 0.3) is 0 Å². The maximum Gasteiger partial charge on any atom is 0.314 e. The Morgan fingerprint density at radius 3 is 1.56 bits per heavy atom. The van der Waals surface area contributed by atoms with E-state index < -0.39 is 5.41 Å². The van der Waals surface area contributed by atoms with Gasteiger partial charge in [-0.05, 0) is 59.8 Å². The molecule has 0 aliphatic heterocycles. The van der Waals surface area contributed by atoms with Crippen LogP contribution in [0.5, 0.6) is 0 Å². The molecule has 0 aromatic rings. The van der Waals surface area contributed by atoms with Gasteiger partial charge >= 0.3 is 23.9 Å². The maximum atomic E-state index is 11.6. The molecular formula is C28H52O8. The molecule has 0 unspecified atom stereocenters. The minimum absolute atomic E-state index is 0.125. The lowest BCUT2D eigenvalue weighted by molar-refractivity contribution is -0.174. The minimum atomic E-state index is -0.520. The Kier molecular flexibility index (Phi) is 21.0. The lowest BCUT2D eigenvalue weighted by Gasteiger charge is -2.20. The van der Waals surface area contributed by atoms with E-state index in [2.05, 4.69) is 11.7 Å². The molecule has 0 aliphatic rings. The molecule has 0 N–H and O–H groups in total. The zero-order valence-corrected chi connectivity index (χ0v) is 24.2. The summed E-state index contributed by atoms with van der Waals surface area (Å²) < 4.78 is 19.5. The van der Waals surface area contributed by atoms with Gasteiger partial charge in [0.1, 0.15) is 0 Å². The van der Waals surface area contributed by atoms with Gasteiger partial charge in [-0.15, -0.1) is 0 Å². The molecule has 0 bridgehead atoms. The summed E-state index contributed by atoms with van der Waals surface area (Å²) in [5.74, 6) is -0.914. The second-order valence-corrected chi connectivity index (χ2v) is 10.2. The summed E-state index contributed by atoms with van der Waals surface area (Å²) in [6, 6.07) is 0. The van der Waals surface area contributed by atoms with Crippen LogP contribution in [0, 0.1) is 10.8 Å². The topological polar surface area (TPSA) is 105 Å². The fourth-order valence-corrected chi connectivity index (χ4v) is 2.59. The zero-order valence-electron chi connectivity index (χ0n) is 24.2. The van der Waals surface area contributed by atoms with E-state index in [0.29, 0.717) is 25.9 Å². The Hall–Kier alpha value is -2.12. The summed E-state index contributed by atoms with van der Waals surface area (Å²) in [6.07, 6.45) is 10.1. The van der Waals surface area contributed by atoms with Crippen molar-refractivity contribution >= 4 is 23.9 Å². The van der Waals surface area contributed by atoms with E-state index in [-0.39, 0.29) is 36.1 Å². The van der Waals surface area contributed by atoms with Crippen LogP contribution in [0.2, 0.25) is 0 Å². The largest absolute Gasteiger partial charge is 0.469 e. The predicted octanol–water partition coefficient (Wildman–Crippen LogP) is 6.53. The van der Waals surface area contributed by atoms with Gasteiger partial charge in [-0.1, -0.05) is 52.9 Å². The van der Waals surface area contributed by atoms with Crippen molar-refractivity contribution in [2.45, 2.75) is 126 Å². The molecule has 0 aromatic heterocycles. The van der Waals surface area contributed by atoms with E-state index in [1.807, 2.05) is 41.5 Å². The van der Waals surface area contributed by atoms with Crippen LogP contribution in [-0.2, 0) is 38.1 Å². The molecule has 0 aliphatic carbocycles. The Labute approximate surface area is 219 Å². The molecule has 0 atom stereocenters. The van der Waals surface area contributed by atoms with Crippen molar-refractivity contribution in [3.63, 3.8) is 0 Å². The minimum Gasteiger partial charge on any atom is -0.469 e. The highest BCUT2D eigenvalue weighted by atomic mass is 16.7. The van der Waals surface area contributed by atoms with Crippen molar-refractivity contribution < 1.29 is 38.1 Å². The van der Waals surface area contributed by atoms with E-state index in [1.165, 1.54) is 7.11 Å². The molecule has 0 fully saturated rings. The number of rotatable bonds is 18. The molecule has 0 saturated heterocycles. The summed E-state index contributed by atoms with van der Waals surface area (Å²) in [4.78, 5) is 45.3. The first-order valence-electron chi connectivity index (χ1n) is 13.4. The number of carbonyl (C=O) groups excluding carboxylic acids is 4. The third kappa shape index (κ3) is 19.1. The maximum absolute atomic E-state index is 11.6. The lowest BCUT2D eigenvalue weighted by Crippen LogP contribution is -2.27. The van der Waals surface area contributed by atoms with Crippen molar-refractivity contribution in [3.05, 3.63) is 0 Å². The van der Waals surface area contributed by atoms with Crippen LogP contribution >= 0.6 is 0 Å². The van der Waals surface area contributed by atoms with Crippen LogP contribution in [0.1, 0.15) is 126 Å². The van der Waals surface area contributed by atoms with E-state index in [4.69, 9.17) is 14.2 Å². The highest BCUT2D eigenvalue weighted by Crippen LogP contribution is 2.22. The fourth-order valence-electron chi connectivity index (χ4n) is 2.59. The molecule has 8 heteroatoms. The number of carbonyl (C=O) groups is 4. The van der Waals surface area contributed by atoms with Crippen LogP contribution in [0.15, 0.2) is 0 Å². The zero-order chi connectivity index (χ0) is 28.0. The van der Waals surface area contributed by atoms with Crippen LogP contribution in [0.4, 0.5) is 0 Å². The Bertz CT molecular complexity index is 625. The molecule has 36 heavy (non-hydrogen) atoms. The van der Waals surface area contributed by atoms with E-state index in [9.17, 15) is 19.2 Å². The van der Waals surface area contributed by atoms with Gasteiger partial charge in [0.05, 0.1) is 24.5 Å². The number of unbranched alkanes of at least 4 members (excludes halogenated alkanes) is 6. The second kappa shape index (κ2) is 21.0. The van der Waals surface area contributed by atoms with Gasteiger partial charge in [-0.3, -0.25) is 19.2 Å². The quantitative estimate of drug-likeness (QED) is 0.0876. The fraction of sp³-hybridized carbons (Fsp3) is 0.857. The summed E-state index contributed by atoms with van der Waals surface area (Å²) in [7, 11) is 1.40. The van der Waals surface area contributed by atoms with Gasteiger partial charge in [0.2, 0.25) is 6.79 Å². The van der Waals surface area contributed by atoms with Gasteiger partial charge in [-0.2, -0.15) is 0 Å². The first kappa shape index (κ1) is 36.0. The van der Waals surface area contributed by atoms with Gasteiger partial charge in [0, 0.05) is 12.8 Å². The molecule has 212 valence electrons. The summed E-state index contributed by atoms with van der Waals surface area (Å²) >= 11 is 0. The average Bonchev–Trinajstić information content (AvgIpc) is 2.85. The molecule has 0 spiro atoms. The van der Waals surface area contributed by atoms with Crippen molar-refractivity contribution in [1.82, 2.24) is 0 Å². The lowest BCUT2D eigenvalue weighted by atomic mass is 9.91. The van der Waals surface area contributed by atoms with Crippen LogP contribution < -0.4 is 0 Å². The van der Waals surface area contributed by atoms with E-state index in [0.717, 1.165) is 57.8 Å². The highest BCUT2D eigenvalue weighted by molar-refractivity contribution is 5.76. The molecule has 0 radical (unpaired) electrons. The average molecular weight is 517 g/mol. The Balaban J connectivity index is 0. The number of hydrogen-bond acceptors (Lipinski definition) is 8. The Morgan fingerprint density at radius 2 is 1.06 bits per heavy atom. The molecule has 0 amide bonds. The first-order valence-corrected chi connectivity index (χ1v) is 13.4. The number of esters is 4. The molecule has 0 aromatic carbocycles. The summed E-state index contributed by atoms with van der Waals surface area (Å²) in [5, 5.41) is 0. The van der Waals surface area contributed by atoms with Crippen LogP contribution in [-0.4, -0.2) is 44.4 Å². The van der Waals surface area contributed by atoms with Gasteiger partial charge in [0.15, 0.2) is 0 Å². The summed E-state index contributed by atoms with van der Waals surface area (Å²) in [6.45, 7) is 13.6.